The molecule has 0 radical (unpaired) electrons. The zero-order valence-electron chi connectivity index (χ0n) is 15.3. The van der Waals surface area contributed by atoms with Crippen molar-refractivity contribution in [3.8, 4) is 17.2 Å². The van der Waals surface area contributed by atoms with Gasteiger partial charge in [0.25, 0.3) is 0 Å². The molecule has 3 rings (SSSR count). The molecule has 5 heteroatoms. The average Bonchev–Trinajstić information content (AvgIpc) is 3.01. The number of para-hydroxylation sites is 1. The first-order chi connectivity index (χ1) is 12.6. The maximum atomic E-state index is 12.8. The number of ketones is 1. The topological polar surface area (TPSA) is 49.7 Å². The van der Waals surface area contributed by atoms with Gasteiger partial charge in [-0.25, -0.2) is 0 Å². The Bertz CT molecular complexity index is 960. The maximum Gasteiger partial charge on any atom is 0.193 e. The van der Waals surface area contributed by atoms with Crippen LogP contribution in [-0.4, -0.2) is 31.7 Å². The van der Waals surface area contributed by atoms with Crippen LogP contribution >= 0.6 is 0 Å². The molecule has 134 valence electrons. The number of nitrogens with zero attached hydrogens (tertiary/aromatic N) is 1. The molecule has 0 aliphatic rings. The smallest absolute Gasteiger partial charge is 0.193 e. The summed E-state index contributed by atoms with van der Waals surface area (Å²) < 4.78 is 18.0. The molecule has 0 atom stereocenters. The van der Waals surface area contributed by atoms with Crippen LogP contribution < -0.4 is 14.2 Å². The van der Waals surface area contributed by atoms with E-state index in [1.165, 1.54) is 20.3 Å². The van der Waals surface area contributed by atoms with Gasteiger partial charge in [0, 0.05) is 41.8 Å². The standard InChI is InChI=1S/C21H21NO4/c1-22-13-14(16-7-5-6-8-17(16)22)9-10-18(23)21-19(25-3)11-15(24-2)12-20(21)26-4/h5-13H,1-4H3/b10-9+. The van der Waals surface area contributed by atoms with Gasteiger partial charge >= 0.3 is 0 Å². The van der Waals surface area contributed by atoms with E-state index >= 15 is 0 Å². The summed E-state index contributed by atoms with van der Waals surface area (Å²) in [4.78, 5) is 12.8. The molecule has 0 amide bonds. The van der Waals surface area contributed by atoms with E-state index < -0.39 is 0 Å². The summed E-state index contributed by atoms with van der Waals surface area (Å²) >= 11 is 0. The minimum Gasteiger partial charge on any atom is -0.496 e. The number of hydrogen-bond acceptors (Lipinski definition) is 4. The van der Waals surface area contributed by atoms with Gasteiger partial charge in [-0.3, -0.25) is 4.79 Å². The number of benzene rings is 2. The van der Waals surface area contributed by atoms with Crippen LogP contribution in [0.3, 0.4) is 0 Å². The Morgan fingerprint density at radius 2 is 1.65 bits per heavy atom. The Kier molecular flexibility index (Phi) is 4.98. The van der Waals surface area contributed by atoms with Crippen molar-refractivity contribution in [3.05, 3.63) is 59.8 Å². The van der Waals surface area contributed by atoms with Crippen LogP contribution in [0, 0.1) is 0 Å². The van der Waals surface area contributed by atoms with Crippen LogP contribution in [0.2, 0.25) is 0 Å². The quantitative estimate of drug-likeness (QED) is 0.496. The molecule has 0 bridgehead atoms. The van der Waals surface area contributed by atoms with Gasteiger partial charge in [0.05, 0.1) is 21.3 Å². The number of aromatic nitrogens is 1. The van der Waals surface area contributed by atoms with Gasteiger partial charge in [-0.2, -0.15) is 0 Å². The summed E-state index contributed by atoms with van der Waals surface area (Å²) in [6.45, 7) is 0. The average molecular weight is 351 g/mol. The minimum atomic E-state index is -0.200. The Hall–Kier alpha value is -3.21. The van der Waals surface area contributed by atoms with Gasteiger partial charge in [-0.15, -0.1) is 0 Å². The van der Waals surface area contributed by atoms with Crippen LogP contribution in [0.25, 0.3) is 17.0 Å². The van der Waals surface area contributed by atoms with E-state index in [1.807, 2.05) is 48.2 Å². The molecule has 0 N–H and O–H groups in total. The molecule has 0 unspecified atom stereocenters. The molecule has 3 aromatic rings. The molecule has 2 aromatic carbocycles. The van der Waals surface area contributed by atoms with Crippen molar-refractivity contribution in [3.63, 3.8) is 0 Å². The molecule has 1 heterocycles. The van der Waals surface area contributed by atoms with E-state index in [1.54, 1.807) is 19.2 Å². The molecule has 5 nitrogen and oxygen atoms in total. The van der Waals surface area contributed by atoms with E-state index in [0.717, 1.165) is 16.5 Å². The summed E-state index contributed by atoms with van der Waals surface area (Å²) in [5.74, 6) is 1.19. The van der Waals surface area contributed by atoms with Crippen LogP contribution in [0.4, 0.5) is 0 Å². The van der Waals surface area contributed by atoms with Crippen molar-refractivity contribution in [1.29, 1.82) is 0 Å². The lowest BCUT2D eigenvalue weighted by Crippen LogP contribution is -2.03. The first-order valence-corrected chi connectivity index (χ1v) is 8.15. The number of carbonyl (C=O) groups excluding carboxylic acids is 1. The summed E-state index contributed by atoms with van der Waals surface area (Å²) in [7, 11) is 6.56. The molecular formula is C21H21NO4. The van der Waals surface area contributed by atoms with Crippen molar-refractivity contribution in [2.45, 2.75) is 0 Å². The molecule has 0 aliphatic carbocycles. The molecule has 0 saturated heterocycles. The fourth-order valence-electron chi connectivity index (χ4n) is 3.00. The van der Waals surface area contributed by atoms with E-state index in [4.69, 9.17) is 14.2 Å². The third-order valence-electron chi connectivity index (χ3n) is 4.30. The van der Waals surface area contributed by atoms with Crippen LogP contribution in [0.15, 0.2) is 48.7 Å². The lowest BCUT2D eigenvalue weighted by atomic mass is 10.1. The molecule has 0 aliphatic heterocycles. The highest BCUT2D eigenvalue weighted by Crippen LogP contribution is 2.34. The highest BCUT2D eigenvalue weighted by molar-refractivity contribution is 6.11. The van der Waals surface area contributed by atoms with Gasteiger partial charge in [0.15, 0.2) is 5.78 Å². The van der Waals surface area contributed by atoms with Gasteiger partial charge in [-0.05, 0) is 18.2 Å². The maximum absolute atomic E-state index is 12.8. The number of fused-ring (bicyclic) bond motifs is 1. The van der Waals surface area contributed by atoms with Crippen LogP contribution in [0.5, 0.6) is 17.2 Å². The van der Waals surface area contributed by atoms with Crippen LogP contribution in [-0.2, 0) is 7.05 Å². The van der Waals surface area contributed by atoms with Crippen molar-refractivity contribution >= 4 is 22.8 Å². The predicted molar refractivity (Wildman–Crippen MR) is 102 cm³/mol. The molecule has 1 aromatic heterocycles. The second kappa shape index (κ2) is 7.35. The largest absolute Gasteiger partial charge is 0.496 e. The van der Waals surface area contributed by atoms with Gasteiger partial charge in [0.2, 0.25) is 0 Å². The fourth-order valence-corrected chi connectivity index (χ4v) is 3.00. The number of carbonyl (C=O) groups is 1. The highest BCUT2D eigenvalue weighted by Gasteiger charge is 2.18. The van der Waals surface area contributed by atoms with Crippen molar-refractivity contribution < 1.29 is 19.0 Å². The molecule has 26 heavy (non-hydrogen) atoms. The second-order valence-corrected chi connectivity index (χ2v) is 5.82. The SMILES string of the molecule is COc1cc(OC)c(C(=O)/C=C/c2cn(C)c3ccccc23)c(OC)c1. The number of methoxy groups -OCH3 is 3. The number of rotatable bonds is 6. The predicted octanol–water partition coefficient (Wildman–Crippen LogP) is 4.10. The zero-order chi connectivity index (χ0) is 18.7. The van der Waals surface area contributed by atoms with Gasteiger partial charge in [-0.1, -0.05) is 18.2 Å². The Balaban J connectivity index is 2.01. The summed E-state index contributed by atoms with van der Waals surface area (Å²) in [5.41, 5.74) is 2.45. The van der Waals surface area contributed by atoms with Gasteiger partial charge < -0.3 is 18.8 Å². The van der Waals surface area contributed by atoms with Crippen molar-refractivity contribution in [1.82, 2.24) is 4.57 Å². The third kappa shape index (κ3) is 3.16. The lowest BCUT2D eigenvalue weighted by Gasteiger charge is -2.13. The van der Waals surface area contributed by atoms with E-state index in [2.05, 4.69) is 0 Å². The molecule has 0 fully saturated rings. The minimum absolute atomic E-state index is 0.200. The second-order valence-electron chi connectivity index (χ2n) is 5.82. The first kappa shape index (κ1) is 17.6. The number of aryl methyl sites for hydroxylation is 1. The molecule has 0 spiro atoms. The number of allylic oxidation sites excluding steroid dienone is 1. The molecular weight excluding hydrogens is 330 g/mol. The third-order valence-corrected chi connectivity index (χ3v) is 4.30. The van der Waals surface area contributed by atoms with Crippen molar-refractivity contribution in [2.75, 3.05) is 21.3 Å². The van der Waals surface area contributed by atoms with E-state index in [-0.39, 0.29) is 5.78 Å². The Morgan fingerprint density at radius 1 is 1.00 bits per heavy atom. The van der Waals surface area contributed by atoms with Crippen molar-refractivity contribution in [2.24, 2.45) is 7.05 Å². The summed E-state index contributed by atoms with van der Waals surface area (Å²) in [6.07, 6.45) is 5.35. The normalized spacial score (nSPS) is 11.1. The monoisotopic (exact) mass is 351 g/mol. The number of hydrogen-bond donors (Lipinski definition) is 0. The van der Waals surface area contributed by atoms with E-state index in [9.17, 15) is 4.79 Å². The fraction of sp³-hybridized carbons (Fsp3) is 0.190. The van der Waals surface area contributed by atoms with E-state index in [0.29, 0.717) is 22.8 Å². The summed E-state index contributed by atoms with van der Waals surface area (Å²) in [6, 6.07) is 11.4. The van der Waals surface area contributed by atoms with Gasteiger partial charge in [0.1, 0.15) is 22.8 Å². The van der Waals surface area contributed by atoms with Crippen LogP contribution in [0.1, 0.15) is 15.9 Å². The highest BCUT2D eigenvalue weighted by atomic mass is 16.5. The Labute approximate surface area is 152 Å². The lowest BCUT2D eigenvalue weighted by molar-refractivity contribution is 0.104. The zero-order valence-corrected chi connectivity index (χ0v) is 15.3. The molecule has 0 saturated carbocycles. The summed E-state index contributed by atoms with van der Waals surface area (Å²) in [5, 5.41) is 1.09. The number of ether oxygens (including phenoxy) is 3. The Morgan fingerprint density at radius 3 is 2.27 bits per heavy atom. The first-order valence-electron chi connectivity index (χ1n) is 8.15.